The third kappa shape index (κ3) is 26.6. The van der Waals surface area contributed by atoms with Crippen LogP contribution in [0.2, 0.25) is 0 Å². The van der Waals surface area contributed by atoms with E-state index in [2.05, 4.69) is 10.6 Å². The van der Waals surface area contributed by atoms with Crippen LogP contribution in [0.15, 0.2) is 0 Å². The number of nitrogens with one attached hydrogen (secondary N) is 7. The number of aliphatic hydroxyl groups is 4. The summed E-state index contributed by atoms with van der Waals surface area (Å²) in [4.78, 5) is 255. The molecule has 0 radical (unpaired) electrons. The average molecular weight is 1520 g/mol. The Bertz CT molecular complexity index is 2840. The Kier molecular flexibility index (Phi) is 37.0. The van der Waals surface area contributed by atoms with Crippen molar-refractivity contribution in [2.24, 2.45) is 0 Å². The van der Waals surface area contributed by atoms with E-state index in [1.807, 2.05) is 5.32 Å². The number of rotatable bonds is 49. The van der Waals surface area contributed by atoms with Crippen LogP contribution in [-0.4, -0.2) is 264 Å². The molecule has 0 aromatic heterocycles. The summed E-state index contributed by atoms with van der Waals surface area (Å²) in [6.45, 7) is -2.37. The minimum atomic E-state index is -6.74. The zero-order chi connectivity index (χ0) is 72.5. The topological polar surface area (TPSA) is 799 Å². The van der Waals surface area contributed by atoms with Gasteiger partial charge in [-0.2, -0.15) is 0 Å². The summed E-state index contributed by atoms with van der Waals surface area (Å²) in [5, 5.41) is 34.6. The molecule has 3 unspecified atom stereocenters. The molecule has 0 aliphatic carbocycles. The van der Waals surface area contributed by atoms with E-state index >= 15 is 0 Å². The van der Waals surface area contributed by atoms with E-state index in [0.29, 0.717) is 19.4 Å². The van der Waals surface area contributed by atoms with Gasteiger partial charge in [0.15, 0.2) is 0 Å². The van der Waals surface area contributed by atoms with Crippen molar-refractivity contribution < 1.29 is 193 Å². The minimum absolute atomic E-state index is 0.0112. The monoisotopic (exact) mass is 1520 g/mol. The predicted molar refractivity (Wildman–Crippen MR) is 304 cm³/mol. The number of carbonyl (C=O) groups excluding carboxylic acids is 8. The lowest BCUT2D eigenvalue weighted by Gasteiger charge is -2.30. The highest BCUT2D eigenvalue weighted by atomic mass is 31.3. The molecule has 0 fully saturated rings. The number of ether oxygens (including phenoxy) is 4. The summed E-state index contributed by atoms with van der Waals surface area (Å²) < 4.78 is 117. The van der Waals surface area contributed by atoms with Crippen LogP contribution in [0.25, 0.3) is 0 Å². The van der Waals surface area contributed by atoms with Gasteiger partial charge in [-0.05, 0) is 64.2 Å². The molecule has 0 saturated carbocycles. The van der Waals surface area contributed by atoms with Gasteiger partial charge in [0.25, 0.3) is 23.6 Å². The van der Waals surface area contributed by atoms with Crippen LogP contribution in [0.3, 0.4) is 0 Å². The second-order valence-corrected chi connectivity index (χ2v) is 34.6. The first-order valence-corrected chi connectivity index (χ1v) is 39.2. The molecule has 3 atom stereocenters. The second-order valence-electron chi connectivity index (χ2n) is 19.3. The molecule has 544 valence electrons. The number of hydrogen-bond acceptors (Lipinski definition) is 24. The summed E-state index contributed by atoms with van der Waals surface area (Å²) in [6, 6.07) is -6.56. The number of unbranched alkanes of at least 4 members (excludes halogenated alkanes) is 4. The maximum absolute atomic E-state index is 14.3. The molecular weight excluding hydrogens is 1440 g/mol. The van der Waals surface area contributed by atoms with Crippen molar-refractivity contribution in [3.05, 3.63) is 0 Å². The standard InChI is InChI=1S/C38H77N7O40P8/c46-16-7-8-17-82-19-21-84-23-24-85-22-20-83-18-15-39-28(47)25(9-1-4-12-40-31(50)35(54,86(58,59)60)87(61,62)63)43-29(48)26(10-2-5-13-41-32(51)36(55,88(64,65)66)89(67,68)69)44-30(49)27(45-34(53)38(57,92(76,77)78)93(79,80)81)11-3-6-14-42-33(52)37(56,90(70,71)72)91(73,74)75/h16,25-27,54-57H,1-15,17-24H2,(H,39,47)(H,40,50)(H,41,51)(H,42,52)(H,43,48)(H,44,49)(H,45,53)(H2,58,59,60)(H2,61,62,63)(H2,64,65,66)(H2,67,68,69)(H2,70,71,72)(H2,73,74,75)(H2,76,77,78)(H2,79,80,81). The van der Waals surface area contributed by atoms with E-state index in [9.17, 15) is 174 Å². The first kappa shape index (κ1) is 89.8. The fraction of sp³-hybridized carbons (Fsp3) is 0.789. The number of carbonyl (C=O) groups is 8. The molecule has 0 aromatic rings. The van der Waals surface area contributed by atoms with Crippen molar-refractivity contribution in [3.8, 4) is 0 Å². The zero-order valence-corrected chi connectivity index (χ0v) is 55.4. The first-order valence-electron chi connectivity index (χ1n) is 26.3. The molecule has 7 amide bonds. The highest BCUT2D eigenvalue weighted by Crippen LogP contribution is 2.70. The molecule has 93 heavy (non-hydrogen) atoms. The van der Waals surface area contributed by atoms with Gasteiger partial charge < -0.3 is 160 Å². The van der Waals surface area contributed by atoms with Gasteiger partial charge >= 0.3 is 81.1 Å². The van der Waals surface area contributed by atoms with Gasteiger partial charge in [-0.15, -0.1) is 0 Å². The molecule has 0 bridgehead atoms. The molecule has 27 N–H and O–H groups in total. The lowest BCUT2D eigenvalue weighted by atomic mass is 10.0. The van der Waals surface area contributed by atoms with E-state index in [1.165, 1.54) is 5.32 Å². The molecule has 0 heterocycles. The maximum Gasteiger partial charge on any atom is 0.379 e. The quantitative estimate of drug-likeness (QED) is 0.0153. The van der Waals surface area contributed by atoms with Crippen molar-refractivity contribution in [2.75, 3.05) is 79.0 Å². The summed E-state index contributed by atoms with van der Waals surface area (Å²) in [5.41, 5.74) is 0. The van der Waals surface area contributed by atoms with Crippen molar-refractivity contribution in [3.63, 3.8) is 0 Å². The first-order chi connectivity index (χ1) is 42.2. The van der Waals surface area contributed by atoms with Gasteiger partial charge in [-0.3, -0.25) is 70.1 Å². The summed E-state index contributed by atoms with van der Waals surface area (Å²) in [5.74, 6) is -14.1. The predicted octanol–water partition coefficient (Wildman–Crippen LogP) is -8.53. The van der Waals surface area contributed by atoms with Crippen LogP contribution in [0.5, 0.6) is 0 Å². The lowest BCUT2D eigenvalue weighted by Crippen LogP contribution is -2.58. The number of hydrogen-bond donors (Lipinski definition) is 27. The lowest BCUT2D eigenvalue weighted by molar-refractivity contribution is -0.136. The summed E-state index contributed by atoms with van der Waals surface area (Å²) in [6.07, 6.45) is -4.23. The Labute approximate surface area is 524 Å². The largest absolute Gasteiger partial charge is 0.379 e. The van der Waals surface area contributed by atoms with Crippen LogP contribution in [0, 0.1) is 0 Å². The Hall–Kier alpha value is -3.16. The fourth-order valence-corrected chi connectivity index (χ4v) is 15.3. The third-order valence-electron chi connectivity index (χ3n) is 12.2. The second kappa shape index (κ2) is 38.3. The van der Waals surface area contributed by atoms with Gasteiger partial charge in [0.1, 0.15) is 24.4 Å². The molecule has 0 aromatic carbocycles. The Morgan fingerprint density at radius 2 is 0.559 bits per heavy atom. The average Bonchev–Trinajstić information content (AvgIpc) is 0.786. The highest BCUT2D eigenvalue weighted by molar-refractivity contribution is 7.75. The summed E-state index contributed by atoms with van der Waals surface area (Å²) >= 11 is 0. The van der Waals surface area contributed by atoms with Crippen molar-refractivity contribution >= 4 is 108 Å². The molecule has 0 aliphatic rings. The van der Waals surface area contributed by atoms with E-state index in [-0.39, 0.29) is 52.8 Å². The van der Waals surface area contributed by atoms with Gasteiger partial charge in [0, 0.05) is 39.2 Å². The van der Waals surface area contributed by atoms with Crippen LogP contribution in [-0.2, 0) is 93.8 Å². The van der Waals surface area contributed by atoms with Gasteiger partial charge in [-0.25, -0.2) is 0 Å². The third-order valence-corrected chi connectivity index (χ3v) is 26.6. The normalized spacial score (nSPS) is 14.5. The molecule has 0 spiro atoms. The van der Waals surface area contributed by atoms with Gasteiger partial charge in [0.05, 0.1) is 46.2 Å². The van der Waals surface area contributed by atoms with E-state index in [1.54, 1.807) is 16.0 Å². The Morgan fingerprint density at radius 1 is 0.312 bits per heavy atom. The zero-order valence-electron chi connectivity index (χ0n) is 48.3. The van der Waals surface area contributed by atoms with E-state index < -0.39 is 218 Å². The van der Waals surface area contributed by atoms with Gasteiger partial charge in [-0.1, -0.05) is 0 Å². The van der Waals surface area contributed by atoms with E-state index in [0.717, 1.165) is 6.29 Å². The van der Waals surface area contributed by atoms with Crippen LogP contribution in [0.1, 0.15) is 70.6 Å². The van der Waals surface area contributed by atoms with Crippen LogP contribution in [0.4, 0.5) is 0 Å². The van der Waals surface area contributed by atoms with Crippen molar-refractivity contribution in [1.29, 1.82) is 0 Å². The minimum Gasteiger partial charge on any atom is -0.379 e. The fourth-order valence-electron chi connectivity index (χ4n) is 7.13. The van der Waals surface area contributed by atoms with Crippen molar-refractivity contribution in [2.45, 2.75) is 109 Å². The molecule has 47 nitrogen and oxygen atoms in total. The molecule has 0 saturated heterocycles. The van der Waals surface area contributed by atoms with Crippen LogP contribution >= 0.6 is 60.8 Å². The number of amides is 7. The Morgan fingerprint density at radius 3 is 0.839 bits per heavy atom. The van der Waals surface area contributed by atoms with Crippen LogP contribution < -0.4 is 37.2 Å². The molecule has 55 heteroatoms. The highest BCUT2D eigenvalue weighted by Gasteiger charge is 2.68. The summed E-state index contributed by atoms with van der Waals surface area (Å²) in [7, 11) is -51.8. The van der Waals surface area contributed by atoms with Crippen molar-refractivity contribution in [1.82, 2.24) is 37.2 Å². The molecular formula is C38H77N7O40P8. The van der Waals surface area contributed by atoms with E-state index in [4.69, 9.17) is 18.9 Å². The molecule has 0 aliphatic heterocycles. The molecule has 0 rings (SSSR count). The number of aldehydes is 1. The van der Waals surface area contributed by atoms with Gasteiger partial charge in [0.2, 0.25) is 17.7 Å². The SMILES string of the molecule is O=CCCCOCCOCCOCCOCCNC(=O)C(CCCCNC(=O)C(O)(P(=O)(O)O)P(=O)(O)O)NC(=O)C(CCCCNC(=O)C(O)(P(=O)(O)O)P(=O)(O)O)NC(=O)C(CCCCNC(=O)C(O)(P(=O)(O)O)P(=O)(O)O)NC(=O)C(O)(P(=O)(O)O)P(=O)(O)O. The maximum atomic E-state index is 14.3. The smallest absolute Gasteiger partial charge is 0.379 e. The Balaban J connectivity index is 7.24.